The first-order valence-electron chi connectivity index (χ1n) is 10.3. The predicted molar refractivity (Wildman–Crippen MR) is 113 cm³/mol. The summed E-state index contributed by atoms with van der Waals surface area (Å²) in [6.45, 7) is 5.42. The van der Waals surface area contributed by atoms with Crippen molar-refractivity contribution in [3.8, 4) is 17.0 Å². The van der Waals surface area contributed by atoms with E-state index < -0.39 is 9.84 Å². The maximum Gasteiger partial charge on any atom is 0.175 e. The Kier molecular flexibility index (Phi) is 5.48. The van der Waals surface area contributed by atoms with Crippen molar-refractivity contribution < 1.29 is 13.5 Å². The second-order valence-electron chi connectivity index (χ2n) is 8.04. The number of phenolic OH excluding ortho intramolecular Hbond substituents is 1. The number of hydrogen-bond acceptors (Lipinski definition) is 7. The SMILES string of the molecule is CCN1CCCC(Nc2nnc(-c3ccc(S(C)(=O)=O)cc3O)c3c2CCC3)C1. The number of hydrogen-bond donors (Lipinski definition) is 2. The van der Waals surface area contributed by atoms with Crippen molar-refractivity contribution in [2.75, 3.05) is 31.2 Å². The predicted octanol–water partition coefficient (Wildman–Crippen LogP) is 2.64. The standard InChI is InChI=1S/C21H28N4O3S/c1-3-25-11-5-6-14(13-25)22-21-17-8-4-7-16(17)20(23-24-21)18-10-9-15(12-19(18)26)29(2,27)28/h9-10,12,14,26H,3-8,11,13H2,1-2H3,(H,22,24). The lowest BCUT2D eigenvalue weighted by Crippen LogP contribution is -2.42. The number of benzene rings is 1. The maximum atomic E-state index is 11.7. The molecule has 2 aliphatic rings. The van der Waals surface area contributed by atoms with Crippen LogP contribution in [0, 0.1) is 0 Å². The fourth-order valence-electron chi connectivity index (χ4n) is 4.42. The van der Waals surface area contributed by atoms with Gasteiger partial charge in [-0.3, -0.25) is 0 Å². The van der Waals surface area contributed by atoms with E-state index in [0.29, 0.717) is 17.3 Å². The highest BCUT2D eigenvalue weighted by Gasteiger charge is 2.26. The number of nitrogens with one attached hydrogen (secondary N) is 1. The molecule has 2 aromatic rings. The van der Waals surface area contributed by atoms with E-state index in [2.05, 4.69) is 27.3 Å². The second-order valence-corrected chi connectivity index (χ2v) is 10.1. The zero-order chi connectivity index (χ0) is 20.6. The van der Waals surface area contributed by atoms with Crippen molar-refractivity contribution in [2.45, 2.75) is 50.0 Å². The van der Waals surface area contributed by atoms with Crippen LogP contribution < -0.4 is 5.32 Å². The van der Waals surface area contributed by atoms with Crippen LogP contribution in [0.15, 0.2) is 23.1 Å². The van der Waals surface area contributed by atoms with Crippen molar-refractivity contribution in [1.82, 2.24) is 15.1 Å². The highest BCUT2D eigenvalue weighted by molar-refractivity contribution is 7.90. The number of fused-ring (bicyclic) bond motifs is 1. The summed E-state index contributed by atoms with van der Waals surface area (Å²) in [5.74, 6) is 0.777. The summed E-state index contributed by atoms with van der Waals surface area (Å²) in [4.78, 5) is 2.55. The Hall–Kier alpha value is -2.19. The molecule has 1 aliphatic heterocycles. The number of anilines is 1. The Bertz CT molecular complexity index is 1020. The minimum absolute atomic E-state index is 0.0806. The molecule has 0 saturated carbocycles. The van der Waals surface area contributed by atoms with Crippen molar-refractivity contribution in [3.05, 3.63) is 29.3 Å². The largest absolute Gasteiger partial charge is 0.507 e. The van der Waals surface area contributed by atoms with Gasteiger partial charge in [-0.1, -0.05) is 6.92 Å². The average molecular weight is 417 g/mol. The molecule has 1 saturated heterocycles. The summed E-state index contributed by atoms with van der Waals surface area (Å²) >= 11 is 0. The monoisotopic (exact) mass is 416 g/mol. The molecule has 0 spiro atoms. The molecule has 0 amide bonds. The van der Waals surface area contributed by atoms with Crippen LogP contribution in [0.4, 0.5) is 5.82 Å². The maximum absolute atomic E-state index is 11.7. The fourth-order valence-corrected chi connectivity index (χ4v) is 5.06. The molecule has 1 fully saturated rings. The normalized spacial score (nSPS) is 19.9. The first-order chi connectivity index (χ1) is 13.9. The molecule has 1 aromatic heterocycles. The lowest BCUT2D eigenvalue weighted by molar-refractivity contribution is 0.226. The van der Waals surface area contributed by atoms with Gasteiger partial charge in [0.25, 0.3) is 0 Å². The number of phenols is 1. The number of rotatable bonds is 5. The molecule has 1 aliphatic carbocycles. The van der Waals surface area contributed by atoms with Crippen LogP contribution >= 0.6 is 0 Å². The summed E-state index contributed by atoms with van der Waals surface area (Å²) in [5.41, 5.74) is 3.46. The van der Waals surface area contributed by atoms with Gasteiger partial charge in [-0.15, -0.1) is 10.2 Å². The molecule has 4 rings (SSSR count). The minimum atomic E-state index is -3.38. The molecule has 7 nitrogen and oxygen atoms in total. The van der Waals surface area contributed by atoms with E-state index in [1.807, 2.05) is 0 Å². The van der Waals surface area contributed by atoms with Gasteiger partial charge in [0.1, 0.15) is 11.4 Å². The molecule has 156 valence electrons. The van der Waals surface area contributed by atoms with Gasteiger partial charge < -0.3 is 15.3 Å². The quantitative estimate of drug-likeness (QED) is 0.773. The molecular weight excluding hydrogens is 388 g/mol. The zero-order valence-corrected chi connectivity index (χ0v) is 17.8. The zero-order valence-electron chi connectivity index (χ0n) is 17.0. The van der Waals surface area contributed by atoms with Gasteiger partial charge in [-0.05, 0) is 69.0 Å². The Morgan fingerprint density at radius 1 is 1.21 bits per heavy atom. The molecule has 2 N–H and O–H groups in total. The molecule has 1 unspecified atom stereocenters. The van der Waals surface area contributed by atoms with Crippen molar-refractivity contribution in [2.24, 2.45) is 0 Å². The Balaban J connectivity index is 1.65. The molecule has 8 heteroatoms. The van der Waals surface area contributed by atoms with Gasteiger partial charge in [-0.25, -0.2) is 8.42 Å². The fraction of sp³-hybridized carbons (Fsp3) is 0.524. The molecule has 0 bridgehead atoms. The van der Waals surface area contributed by atoms with E-state index in [4.69, 9.17) is 0 Å². The number of aromatic nitrogens is 2. The Morgan fingerprint density at radius 3 is 2.72 bits per heavy atom. The first kappa shape index (κ1) is 20.1. The van der Waals surface area contributed by atoms with E-state index in [1.54, 1.807) is 6.07 Å². The van der Waals surface area contributed by atoms with Gasteiger partial charge in [0.2, 0.25) is 0 Å². The van der Waals surface area contributed by atoms with Crippen LogP contribution in [0.1, 0.15) is 37.3 Å². The van der Waals surface area contributed by atoms with Crippen LogP contribution in [0.2, 0.25) is 0 Å². The van der Waals surface area contributed by atoms with E-state index in [1.165, 1.54) is 24.1 Å². The van der Waals surface area contributed by atoms with E-state index in [9.17, 15) is 13.5 Å². The molecular formula is C21H28N4O3S. The van der Waals surface area contributed by atoms with Crippen LogP contribution in [0.25, 0.3) is 11.3 Å². The molecule has 2 heterocycles. The van der Waals surface area contributed by atoms with Crippen LogP contribution in [0.3, 0.4) is 0 Å². The molecule has 0 radical (unpaired) electrons. The summed E-state index contributed by atoms with van der Waals surface area (Å²) in [6.07, 6.45) is 6.28. The highest BCUT2D eigenvalue weighted by atomic mass is 32.2. The number of sulfone groups is 1. The number of likely N-dealkylation sites (tertiary alicyclic amines) is 1. The van der Waals surface area contributed by atoms with E-state index >= 15 is 0 Å². The van der Waals surface area contributed by atoms with Crippen molar-refractivity contribution in [3.63, 3.8) is 0 Å². The Labute approximate surface area is 172 Å². The van der Waals surface area contributed by atoms with Crippen LogP contribution in [-0.4, -0.2) is 60.6 Å². The molecule has 1 aromatic carbocycles. The topological polar surface area (TPSA) is 95.4 Å². The summed E-state index contributed by atoms with van der Waals surface area (Å²) in [5, 5.41) is 23.0. The summed E-state index contributed by atoms with van der Waals surface area (Å²) in [7, 11) is -3.38. The second kappa shape index (κ2) is 7.91. The van der Waals surface area contributed by atoms with E-state index in [0.717, 1.165) is 63.0 Å². The molecule has 29 heavy (non-hydrogen) atoms. The smallest absolute Gasteiger partial charge is 0.175 e. The summed E-state index contributed by atoms with van der Waals surface area (Å²) in [6, 6.07) is 4.81. The summed E-state index contributed by atoms with van der Waals surface area (Å²) < 4.78 is 23.5. The third-order valence-electron chi connectivity index (χ3n) is 5.99. The number of aromatic hydroxyl groups is 1. The Morgan fingerprint density at radius 2 is 2.00 bits per heavy atom. The third-order valence-corrected chi connectivity index (χ3v) is 7.10. The third kappa shape index (κ3) is 4.09. The number of piperidine rings is 1. The first-order valence-corrected chi connectivity index (χ1v) is 12.2. The minimum Gasteiger partial charge on any atom is -0.507 e. The lowest BCUT2D eigenvalue weighted by atomic mass is 10.0. The average Bonchev–Trinajstić information content (AvgIpc) is 3.18. The highest BCUT2D eigenvalue weighted by Crippen LogP contribution is 2.38. The van der Waals surface area contributed by atoms with Gasteiger partial charge in [-0.2, -0.15) is 0 Å². The van der Waals surface area contributed by atoms with Gasteiger partial charge in [0.05, 0.1) is 4.90 Å². The van der Waals surface area contributed by atoms with Gasteiger partial charge in [0, 0.05) is 30.0 Å². The lowest BCUT2D eigenvalue weighted by Gasteiger charge is -2.32. The number of nitrogens with zero attached hydrogens (tertiary/aromatic N) is 3. The van der Waals surface area contributed by atoms with Gasteiger partial charge >= 0.3 is 0 Å². The van der Waals surface area contributed by atoms with Gasteiger partial charge in [0.15, 0.2) is 15.7 Å². The number of likely N-dealkylation sites (N-methyl/N-ethyl adjacent to an activating group) is 1. The van der Waals surface area contributed by atoms with Crippen LogP contribution in [-0.2, 0) is 22.7 Å². The van der Waals surface area contributed by atoms with Crippen molar-refractivity contribution >= 4 is 15.7 Å². The van der Waals surface area contributed by atoms with E-state index in [-0.39, 0.29) is 10.6 Å². The molecule has 1 atom stereocenters. The van der Waals surface area contributed by atoms with Crippen LogP contribution in [0.5, 0.6) is 5.75 Å². The van der Waals surface area contributed by atoms with Crippen molar-refractivity contribution in [1.29, 1.82) is 0 Å².